The molecule has 17 heavy (non-hydrogen) atoms. The van der Waals surface area contributed by atoms with E-state index in [1.807, 2.05) is 26.1 Å². The Kier molecular flexibility index (Phi) is 3.18. The van der Waals surface area contributed by atoms with E-state index in [1.165, 1.54) is 4.68 Å². The average molecular weight is 230 g/mol. The van der Waals surface area contributed by atoms with Gasteiger partial charge < -0.3 is 5.32 Å². The molecule has 0 amide bonds. The van der Waals surface area contributed by atoms with Gasteiger partial charge in [-0.15, -0.1) is 0 Å². The summed E-state index contributed by atoms with van der Waals surface area (Å²) in [5, 5.41) is 7.02. The normalized spacial score (nSPS) is 10.2. The van der Waals surface area contributed by atoms with Crippen LogP contribution >= 0.6 is 0 Å². The van der Waals surface area contributed by atoms with Gasteiger partial charge in [0.05, 0.1) is 12.7 Å². The van der Waals surface area contributed by atoms with E-state index >= 15 is 0 Å². The number of nitrogens with one attached hydrogen (secondary N) is 1. The highest BCUT2D eigenvalue weighted by atomic mass is 16.1. The van der Waals surface area contributed by atoms with Crippen LogP contribution in [0.4, 0.5) is 5.82 Å². The van der Waals surface area contributed by atoms with Gasteiger partial charge in [-0.1, -0.05) is 6.07 Å². The maximum Gasteiger partial charge on any atom is 0.267 e. The van der Waals surface area contributed by atoms with Crippen molar-refractivity contribution >= 4 is 5.82 Å². The zero-order valence-corrected chi connectivity index (χ0v) is 9.84. The lowest BCUT2D eigenvalue weighted by Crippen LogP contribution is -2.22. The molecule has 0 radical (unpaired) electrons. The molecule has 1 N–H and O–H groups in total. The van der Waals surface area contributed by atoms with Crippen LogP contribution in [0.2, 0.25) is 0 Å². The molecule has 0 fully saturated rings. The van der Waals surface area contributed by atoms with Crippen LogP contribution in [0.3, 0.4) is 0 Å². The predicted octanol–water partition coefficient (Wildman–Crippen LogP) is 1.04. The van der Waals surface area contributed by atoms with Crippen LogP contribution in [-0.4, -0.2) is 21.8 Å². The first-order valence-electron chi connectivity index (χ1n) is 5.35. The molecule has 0 spiro atoms. The third kappa shape index (κ3) is 2.69. The Morgan fingerprint density at radius 3 is 2.76 bits per heavy atom. The van der Waals surface area contributed by atoms with E-state index in [2.05, 4.69) is 15.4 Å². The van der Waals surface area contributed by atoms with Crippen LogP contribution in [0.15, 0.2) is 35.4 Å². The number of aryl methyl sites for hydroxylation is 1. The van der Waals surface area contributed by atoms with Gasteiger partial charge in [-0.05, 0) is 24.1 Å². The molecule has 0 atom stereocenters. The Balaban J connectivity index is 2.22. The van der Waals surface area contributed by atoms with Crippen LogP contribution in [0.25, 0.3) is 0 Å². The van der Waals surface area contributed by atoms with Crippen molar-refractivity contribution in [2.45, 2.75) is 13.5 Å². The van der Waals surface area contributed by atoms with Gasteiger partial charge in [0.25, 0.3) is 5.56 Å². The van der Waals surface area contributed by atoms with Gasteiger partial charge in [-0.3, -0.25) is 4.79 Å². The van der Waals surface area contributed by atoms with Crippen molar-refractivity contribution in [2.24, 2.45) is 0 Å². The lowest BCUT2D eigenvalue weighted by Gasteiger charge is -2.05. The minimum absolute atomic E-state index is 0.0947. The Labute approximate surface area is 99.1 Å². The second kappa shape index (κ2) is 4.78. The van der Waals surface area contributed by atoms with Crippen molar-refractivity contribution in [3.8, 4) is 0 Å². The summed E-state index contributed by atoms with van der Waals surface area (Å²) in [4.78, 5) is 15.8. The number of anilines is 1. The van der Waals surface area contributed by atoms with Crippen LogP contribution in [0, 0.1) is 6.92 Å². The Morgan fingerprint density at radius 1 is 1.35 bits per heavy atom. The molecule has 2 heterocycles. The summed E-state index contributed by atoms with van der Waals surface area (Å²) in [5.41, 5.74) is 1.72. The van der Waals surface area contributed by atoms with Crippen molar-refractivity contribution in [3.05, 3.63) is 52.1 Å². The second-order valence-corrected chi connectivity index (χ2v) is 3.83. The zero-order chi connectivity index (χ0) is 12.3. The molecule has 0 saturated heterocycles. The summed E-state index contributed by atoms with van der Waals surface area (Å²) < 4.78 is 1.42. The highest BCUT2D eigenvalue weighted by molar-refractivity contribution is 5.34. The molecule has 0 aromatic carbocycles. The first kappa shape index (κ1) is 11.3. The summed E-state index contributed by atoms with van der Waals surface area (Å²) in [5.74, 6) is 0.804. The fourth-order valence-corrected chi connectivity index (χ4v) is 1.48. The maximum absolute atomic E-state index is 11.6. The second-order valence-electron chi connectivity index (χ2n) is 3.83. The van der Waals surface area contributed by atoms with Crippen molar-refractivity contribution in [1.82, 2.24) is 14.8 Å². The predicted molar refractivity (Wildman–Crippen MR) is 66.1 cm³/mol. The molecular formula is C12H14N4O. The molecule has 0 saturated carbocycles. The zero-order valence-electron chi connectivity index (χ0n) is 9.84. The molecule has 0 aliphatic heterocycles. The van der Waals surface area contributed by atoms with Gasteiger partial charge in [-0.2, -0.15) is 5.10 Å². The molecule has 88 valence electrons. The third-order valence-corrected chi connectivity index (χ3v) is 2.42. The number of hydrogen-bond donors (Lipinski definition) is 1. The van der Waals surface area contributed by atoms with Crippen LogP contribution in [0.1, 0.15) is 11.1 Å². The highest BCUT2D eigenvalue weighted by Gasteiger charge is 2.00. The molecule has 2 aromatic rings. The molecule has 2 rings (SSSR count). The van der Waals surface area contributed by atoms with Crippen molar-refractivity contribution in [1.29, 1.82) is 0 Å². The van der Waals surface area contributed by atoms with E-state index in [9.17, 15) is 4.79 Å². The Hall–Kier alpha value is -2.17. The number of hydrogen-bond acceptors (Lipinski definition) is 4. The fourth-order valence-electron chi connectivity index (χ4n) is 1.48. The van der Waals surface area contributed by atoms with Gasteiger partial charge in [0.1, 0.15) is 5.82 Å². The van der Waals surface area contributed by atoms with Gasteiger partial charge in [0, 0.05) is 19.3 Å². The maximum atomic E-state index is 11.6. The summed E-state index contributed by atoms with van der Waals surface area (Å²) >= 11 is 0. The molecule has 5 heteroatoms. The van der Waals surface area contributed by atoms with E-state index in [1.54, 1.807) is 18.5 Å². The first-order chi connectivity index (χ1) is 8.19. The van der Waals surface area contributed by atoms with Gasteiger partial charge in [-0.25, -0.2) is 9.67 Å². The van der Waals surface area contributed by atoms with E-state index < -0.39 is 0 Å². The Bertz CT molecular complexity index is 559. The smallest absolute Gasteiger partial charge is 0.267 e. The highest BCUT2D eigenvalue weighted by Crippen LogP contribution is 2.04. The average Bonchev–Trinajstić information content (AvgIpc) is 2.34. The number of nitrogens with zero attached hydrogens (tertiary/aromatic N) is 3. The minimum atomic E-state index is -0.0947. The quantitative estimate of drug-likeness (QED) is 0.855. The van der Waals surface area contributed by atoms with E-state index in [4.69, 9.17) is 0 Å². The molecule has 0 unspecified atom stereocenters. The lowest BCUT2D eigenvalue weighted by atomic mass is 10.3. The van der Waals surface area contributed by atoms with E-state index in [0.717, 1.165) is 16.9 Å². The number of aromatic nitrogens is 3. The topological polar surface area (TPSA) is 59.8 Å². The van der Waals surface area contributed by atoms with E-state index in [0.29, 0.717) is 6.54 Å². The summed E-state index contributed by atoms with van der Waals surface area (Å²) in [6.07, 6.45) is 3.41. The number of rotatable bonds is 3. The fraction of sp³-hybridized carbons (Fsp3) is 0.250. The third-order valence-electron chi connectivity index (χ3n) is 2.42. The summed E-state index contributed by atoms with van der Waals surface area (Å²) in [6, 6.07) is 5.36. The molecule has 0 aliphatic rings. The number of pyridine rings is 1. The van der Waals surface area contributed by atoms with Crippen LogP contribution < -0.4 is 10.9 Å². The van der Waals surface area contributed by atoms with Gasteiger partial charge in [0.2, 0.25) is 0 Å². The standard InChI is InChI=1S/C12H14N4O/c1-9-5-12(17)16(15-6-9)8-10-3-4-11(13-2)14-7-10/h3-7H,8H2,1-2H3,(H,13,14). The lowest BCUT2D eigenvalue weighted by molar-refractivity contribution is 0.635. The summed E-state index contributed by atoms with van der Waals surface area (Å²) in [6.45, 7) is 2.29. The first-order valence-corrected chi connectivity index (χ1v) is 5.35. The SMILES string of the molecule is CNc1ccc(Cn2ncc(C)cc2=O)cn1. The van der Waals surface area contributed by atoms with Gasteiger partial charge >= 0.3 is 0 Å². The summed E-state index contributed by atoms with van der Waals surface area (Å²) in [7, 11) is 1.81. The van der Waals surface area contributed by atoms with Crippen LogP contribution in [0.5, 0.6) is 0 Å². The molecular weight excluding hydrogens is 216 g/mol. The monoisotopic (exact) mass is 230 g/mol. The Morgan fingerprint density at radius 2 is 2.18 bits per heavy atom. The molecule has 5 nitrogen and oxygen atoms in total. The van der Waals surface area contributed by atoms with Gasteiger partial charge in [0.15, 0.2) is 0 Å². The van der Waals surface area contributed by atoms with Crippen molar-refractivity contribution in [2.75, 3.05) is 12.4 Å². The van der Waals surface area contributed by atoms with Crippen molar-refractivity contribution < 1.29 is 0 Å². The molecule has 0 bridgehead atoms. The molecule has 0 aliphatic carbocycles. The molecule has 2 aromatic heterocycles. The van der Waals surface area contributed by atoms with E-state index in [-0.39, 0.29) is 5.56 Å². The minimum Gasteiger partial charge on any atom is -0.373 e. The largest absolute Gasteiger partial charge is 0.373 e. The van der Waals surface area contributed by atoms with Crippen LogP contribution in [-0.2, 0) is 6.54 Å². The van der Waals surface area contributed by atoms with Crippen molar-refractivity contribution in [3.63, 3.8) is 0 Å².